The van der Waals surface area contributed by atoms with Gasteiger partial charge in [-0.25, -0.2) is 4.79 Å². The van der Waals surface area contributed by atoms with E-state index in [0.717, 1.165) is 30.5 Å². The van der Waals surface area contributed by atoms with Crippen LogP contribution in [0.25, 0.3) is 0 Å². The van der Waals surface area contributed by atoms with Crippen molar-refractivity contribution in [3.05, 3.63) is 29.8 Å². The first-order valence-corrected chi connectivity index (χ1v) is 8.77. The number of nitrogens with zero attached hydrogens (tertiary/aromatic N) is 1. The summed E-state index contributed by atoms with van der Waals surface area (Å²) in [5, 5.41) is 13.4. The van der Waals surface area contributed by atoms with Crippen LogP contribution < -0.4 is 0 Å². The van der Waals surface area contributed by atoms with E-state index in [4.69, 9.17) is 14.3 Å². The second-order valence-corrected chi connectivity index (χ2v) is 6.48. The highest BCUT2D eigenvalue weighted by molar-refractivity contribution is 5.98. The fourth-order valence-corrected chi connectivity index (χ4v) is 2.61. The van der Waals surface area contributed by atoms with Crippen molar-refractivity contribution in [1.29, 1.82) is 0 Å². The Bertz CT molecular complexity index is 605. The molecule has 0 amide bonds. The molecule has 1 aliphatic rings. The number of carbonyl (C=O) groups excluding carboxylic acids is 1. The lowest BCUT2D eigenvalue weighted by molar-refractivity contribution is -0.272. The fourth-order valence-electron chi connectivity index (χ4n) is 2.61. The third-order valence-electron chi connectivity index (χ3n) is 4.33. The van der Waals surface area contributed by atoms with Crippen LogP contribution in [-0.2, 0) is 23.8 Å². The van der Waals surface area contributed by atoms with Gasteiger partial charge in [0.1, 0.15) is 12.4 Å². The van der Waals surface area contributed by atoms with Crippen molar-refractivity contribution in [3.8, 4) is 5.75 Å². The SMILES string of the molecule is COC(=O)C1(C)OCC(CCCCON=C(C)c2ccc(O)cc2)CO1. The summed E-state index contributed by atoms with van der Waals surface area (Å²) in [7, 11) is 1.32. The summed E-state index contributed by atoms with van der Waals surface area (Å²) in [6.07, 6.45) is 2.76. The average molecular weight is 365 g/mol. The van der Waals surface area contributed by atoms with Gasteiger partial charge in [0.2, 0.25) is 0 Å². The van der Waals surface area contributed by atoms with E-state index < -0.39 is 11.8 Å². The van der Waals surface area contributed by atoms with Crippen LogP contribution in [0.2, 0.25) is 0 Å². The van der Waals surface area contributed by atoms with Crippen molar-refractivity contribution in [2.24, 2.45) is 11.1 Å². The molecule has 26 heavy (non-hydrogen) atoms. The van der Waals surface area contributed by atoms with Gasteiger partial charge < -0.3 is 24.2 Å². The van der Waals surface area contributed by atoms with Crippen molar-refractivity contribution < 1.29 is 28.9 Å². The number of phenolic OH excluding ortho intramolecular Hbond substituents is 1. The molecule has 0 saturated carbocycles. The van der Waals surface area contributed by atoms with E-state index in [1.54, 1.807) is 31.2 Å². The summed E-state index contributed by atoms with van der Waals surface area (Å²) < 4.78 is 15.7. The van der Waals surface area contributed by atoms with Crippen LogP contribution in [0.5, 0.6) is 5.75 Å². The second kappa shape index (κ2) is 9.54. The Hall–Kier alpha value is -2.12. The number of aromatic hydroxyl groups is 1. The molecule has 0 radical (unpaired) electrons. The highest BCUT2D eigenvalue weighted by atomic mass is 16.7. The maximum absolute atomic E-state index is 11.6. The molecule has 2 rings (SSSR count). The number of benzene rings is 1. The molecular weight excluding hydrogens is 338 g/mol. The number of carbonyl (C=O) groups is 1. The molecule has 1 aromatic carbocycles. The number of methoxy groups -OCH3 is 1. The Morgan fingerprint density at radius 2 is 1.92 bits per heavy atom. The molecule has 0 atom stereocenters. The Labute approximate surface area is 153 Å². The zero-order chi connectivity index (χ0) is 19.0. The minimum absolute atomic E-state index is 0.227. The van der Waals surface area contributed by atoms with Crippen molar-refractivity contribution in [2.75, 3.05) is 26.9 Å². The number of hydrogen-bond acceptors (Lipinski definition) is 7. The zero-order valence-electron chi connectivity index (χ0n) is 15.6. The van der Waals surface area contributed by atoms with Crippen LogP contribution in [0.1, 0.15) is 38.7 Å². The minimum atomic E-state index is -1.28. The number of ether oxygens (including phenoxy) is 3. The monoisotopic (exact) mass is 365 g/mol. The molecule has 0 aliphatic carbocycles. The summed E-state index contributed by atoms with van der Waals surface area (Å²) in [4.78, 5) is 16.9. The third-order valence-corrected chi connectivity index (χ3v) is 4.33. The normalized spacial score (nSPS) is 23.5. The minimum Gasteiger partial charge on any atom is -0.508 e. The largest absolute Gasteiger partial charge is 0.508 e. The number of esters is 1. The highest BCUT2D eigenvalue weighted by Crippen LogP contribution is 2.25. The van der Waals surface area contributed by atoms with Gasteiger partial charge >= 0.3 is 5.97 Å². The van der Waals surface area contributed by atoms with Crippen molar-refractivity contribution in [3.63, 3.8) is 0 Å². The highest BCUT2D eigenvalue weighted by Gasteiger charge is 2.41. The van der Waals surface area contributed by atoms with E-state index >= 15 is 0 Å². The molecule has 1 heterocycles. The van der Waals surface area contributed by atoms with Gasteiger partial charge in [0.25, 0.3) is 5.79 Å². The topological polar surface area (TPSA) is 86.6 Å². The molecule has 0 spiro atoms. The van der Waals surface area contributed by atoms with Crippen LogP contribution in [-0.4, -0.2) is 49.5 Å². The third kappa shape index (κ3) is 5.71. The molecule has 0 bridgehead atoms. The average Bonchev–Trinajstić information content (AvgIpc) is 2.65. The molecule has 7 heteroatoms. The predicted octanol–water partition coefficient (Wildman–Crippen LogP) is 2.86. The molecule has 0 unspecified atom stereocenters. The van der Waals surface area contributed by atoms with Crippen LogP contribution in [0, 0.1) is 5.92 Å². The first kappa shape index (κ1) is 20.2. The first-order valence-electron chi connectivity index (χ1n) is 8.77. The standard InChI is InChI=1S/C19H27NO6/c1-14(16-7-9-17(21)10-8-16)20-26-11-5-4-6-15-12-24-19(2,25-13-15)18(22)23-3/h7-10,15,21H,4-6,11-13H2,1-3H3. The van der Waals surface area contributed by atoms with Crippen molar-refractivity contribution >= 4 is 11.7 Å². The molecular formula is C19H27NO6. The maximum Gasteiger partial charge on any atom is 0.366 e. The van der Waals surface area contributed by atoms with Crippen LogP contribution >= 0.6 is 0 Å². The Morgan fingerprint density at radius 3 is 2.54 bits per heavy atom. The Balaban J connectivity index is 1.60. The van der Waals surface area contributed by atoms with E-state index in [1.807, 2.05) is 6.92 Å². The van der Waals surface area contributed by atoms with E-state index in [9.17, 15) is 9.90 Å². The lowest BCUT2D eigenvalue weighted by atomic mass is 10.0. The van der Waals surface area contributed by atoms with Crippen LogP contribution in [0.4, 0.5) is 0 Å². The lowest BCUT2D eigenvalue weighted by Crippen LogP contribution is -2.48. The summed E-state index contributed by atoms with van der Waals surface area (Å²) in [5.41, 5.74) is 1.68. The van der Waals surface area contributed by atoms with Gasteiger partial charge in [-0.2, -0.15) is 0 Å². The summed E-state index contributed by atoms with van der Waals surface area (Å²) in [6, 6.07) is 6.83. The van der Waals surface area contributed by atoms with Gasteiger partial charge in [0.15, 0.2) is 0 Å². The molecule has 1 aliphatic heterocycles. The quantitative estimate of drug-likeness (QED) is 0.330. The van der Waals surface area contributed by atoms with E-state index in [-0.39, 0.29) is 11.7 Å². The van der Waals surface area contributed by atoms with Crippen LogP contribution in [0.15, 0.2) is 29.4 Å². The van der Waals surface area contributed by atoms with E-state index in [2.05, 4.69) is 9.89 Å². The summed E-state index contributed by atoms with van der Waals surface area (Å²) in [6.45, 7) is 4.93. The number of unbranched alkanes of at least 4 members (excludes halogenated alkanes) is 1. The predicted molar refractivity (Wildman–Crippen MR) is 95.9 cm³/mol. The number of phenols is 1. The number of hydrogen-bond donors (Lipinski definition) is 1. The Morgan fingerprint density at radius 1 is 1.27 bits per heavy atom. The second-order valence-electron chi connectivity index (χ2n) is 6.48. The molecule has 7 nitrogen and oxygen atoms in total. The maximum atomic E-state index is 11.6. The van der Waals surface area contributed by atoms with E-state index in [1.165, 1.54) is 7.11 Å². The molecule has 1 aromatic rings. The molecule has 144 valence electrons. The smallest absolute Gasteiger partial charge is 0.366 e. The molecule has 1 saturated heterocycles. The lowest BCUT2D eigenvalue weighted by Gasteiger charge is -2.35. The molecule has 0 aromatic heterocycles. The number of oxime groups is 1. The van der Waals surface area contributed by atoms with E-state index in [0.29, 0.717) is 19.8 Å². The fraction of sp³-hybridized carbons (Fsp3) is 0.579. The van der Waals surface area contributed by atoms with Gasteiger partial charge in [-0.3, -0.25) is 0 Å². The van der Waals surface area contributed by atoms with Gasteiger partial charge in [0.05, 0.1) is 26.0 Å². The van der Waals surface area contributed by atoms with Crippen molar-refractivity contribution in [1.82, 2.24) is 0 Å². The van der Waals surface area contributed by atoms with Gasteiger partial charge in [-0.1, -0.05) is 5.16 Å². The molecule has 1 N–H and O–H groups in total. The van der Waals surface area contributed by atoms with Gasteiger partial charge in [-0.15, -0.1) is 0 Å². The van der Waals surface area contributed by atoms with Gasteiger partial charge in [0, 0.05) is 12.8 Å². The van der Waals surface area contributed by atoms with Crippen molar-refractivity contribution in [2.45, 2.75) is 38.9 Å². The first-order chi connectivity index (χ1) is 12.4. The number of rotatable bonds is 8. The molecule has 1 fully saturated rings. The summed E-state index contributed by atoms with van der Waals surface area (Å²) in [5.74, 6) is -1.30. The van der Waals surface area contributed by atoms with Crippen LogP contribution in [0.3, 0.4) is 0 Å². The van der Waals surface area contributed by atoms with Gasteiger partial charge in [-0.05, 0) is 56.0 Å². The zero-order valence-corrected chi connectivity index (χ0v) is 15.6. The summed E-state index contributed by atoms with van der Waals surface area (Å²) >= 11 is 0. The Kier molecular flexibility index (Phi) is 7.41.